The van der Waals surface area contributed by atoms with Crippen LogP contribution in [0.15, 0.2) is 28.7 Å². The fraction of sp³-hybridized carbons (Fsp3) is 0.429. The molecule has 4 nitrogen and oxygen atoms in total. The lowest BCUT2D eigenvalue weighted by Gasteiger charge is -2.25. The molecule has 0 bridgehead atoms. The number of hydrogen-bond acceptors (Lipinski definition) is 3. The Kier molecular flexibility index (Phi) is 2.78. The lowest BCUT2D eigenvalue weighted by Crippen LogP contribution is -2.36. The van der Waals surface area contributed by atoms with Gasteiger partial charge >= 0.3 is 0 Å². The van der Waals surface area contributed by atoms with Crippen molar-refractivity contribution in [2.24, 2.45) is 5.92 Å². The summed E-state index contributed by atoms with van der Waals surface area (Å²) in [5, 5.41) is 2.96. The molecule has 0 radical (unpaired) electrons. The molecule has 1 saturated carbocycles. The minimum atomic E-state index is -0.175. The highest BCUT2D eigenvalue weighted by Crippen LogP contribution is 2.27. The second-order valence-electron chi connectivity index (χ2n) is 4.88. The summed E-state index contributed by atoms with van der Waals surface area (Å²) >= 11 is 0. The molecule has 1 atom stereocenters. The van der Waals surface area contributed by atoms with Crippen molar-refractivity contribution in [3.8, 4) is 0 Å². The van der Waals surface area contributed by atoms with Gasteiger partial charge in [-0.2, -0.15) is 0 Å². The van der Waals surface area contributed by atoms with E-state index < -0.39 is 0 Å². The molecular weight excluding hydrogens is 228 g/mol. The molecule has 1 fully saturated rings. The van der Waals surface area contributed by atoms with E-state index in [1.807, 2.05) is 31.2 Å². The average Bonchev–Trinajstić information content (AvgIpc) is 2.69. The van der Waals surface area contributed by atoms with Crippen LogP contribution in [0.3, 0.4) is 0 Å². The molecule has 0 saturated heterocycles. The molecule has 3 rings (SSSR count). The number of fused-ring (bicyclic) bond motifs is 1. The summed E-state index contributed by atoms with van der Waals surface area (Å²) in [6.07, 6.45) is 3.17. The number of para-hydroxylation sites is 2. The summed E-state index contributed by atoms with van der Waals surface area (Å²) in [4.78, 5) is 16.2. The van der Waals surface area contributed by atoms with Crippen LogP contribution in [-0.4, -0.2) is 10.9 Å². The van der Waals surface area contributed by atoms with Gasteiger partial charge in [0.25, 0.3) is 0 Å². The Morgan fingerprint density at radius 1 is 1.44 bits per heavy atom. The number of aromatic nitrogens is 1. The van der Waals surface area contributed by atoms with Crippen LogP contribution in [0.1, 0.15) is 38.1 Å². The van der Waals surface area contributed by atoms with Crippen molar-refractivity contribution >= 4 is 17.0 Å². The first-order chi connectivity index (χ1) is 8.74. The van der Waals surface area contributed by atoms with Gasteiger partial charge in [-0.1, -0.05) is 18.6 Å². The van der Waals surface area contributed by atoms with Crippen LogP contribution in [0.25, 0.3) is 11.1 Å². The van der Waals surface area contributed by atoms with E-state index >= 15 is 0 Å². The fourth-order valence-corrected chi connectivity index (χ4v) is 2.14. The number of carbonyl (C=O) groups is 1. The van der Waals surface area contributed by atoms with Crippen LogP contribution in [0.5, 0.6) is 0 Å². The maximum atomic E-state index is 11.8. The second-order valence-corrected chi connectivity index (χ2v) is 4.88. The van der Waals surface area contributed by atoms with Gasteiger partial charge in [-0.3, -0.25) is 4.79 Å². The predicted octanol–water partition coefficient (Wildman–Crippen LogP) is 2.81. The molecule has 0 spiro atoms. The number of nitrogens with zero attached hydrogens (tertiary/aromatic N) is 1. The van der Waals surface area contributed by atoms with E-state index in [9.17, 15) is 4.79 Å². The number of oxazole rings is 1. The Morgan fingerprint density at radius 2 is 2.22 bits per heavy atom. The normalized spacial score (nSPS) is 17.4. The van der Waals surface area contributed by atoms with Gasteiger partial charge in [0.2, 0.25) is 11.8 Å². The first-order valence-corrected chi connectivity index (χ1v) is 6.40. The lowest BCUT2D eigenvalue weighted by atomic mass is 9.84. The maximum absolute atomic E-state index is 11.8. The minimum Gasteiger partial charge on any atom is -0.438 e. The SMILES string of the molecule is C[C@H](NC(=O)C1CCC1)c1nc2ccccc2o1. The number of carbonyl (C=O) groups excluding carboxylic acids is 1. The van der Waals surface area contributed by atoms with Crippen molar-refractivity contribution in [3.63, 3.8) is 0 Å². The second kappa shape index (κ2) is 4.44. The Morgan fingerprint density at radius 3 is 2.89 bits per heavy atom. The summed E-state index contributed by atoms with van der Waals surface area (Å²) in [5.74, 6) is 0.886. The topological polar surface area (TPSA) is 55.1 Å². The van der Waals surface area contributed by atoms with Crippen molar-refractivity contribution in [1.82, 2.24) is 10.3 Å². The third-order valence-electron chi connectivity index (χ3n) is 3.52. The van der Waals surface area contributed by atoms with E-state index in [0.29, 0.717) is 5.89 Å². The summed E-state index contributed by atoms with van der Waals surface area (Å²) in [6, 6.07) is 7.45. The molecule has 1 N–H and O–H groups in total. The van der Waals surface area contributed by atoms with Crippen LogP contribution in [0.4, 0.5) is 0 Å². The monoisotopic (exact) mass is 244 g/mol. The standard InChI is InChI=1S/C14H16N2O2/c1-9(15-13(17)10-5-4-6-10)14-16-11-7-2-3-8-12(11)18-14/h2-3,7-10H,4-6H2,1H3,(H,15,17)/t9-/m0/s1. The molecule has 1 amide bonds. The molecule has 1 aromatic heterocycles. The number of benzene rings is 1. The number of hydrogen-bond donors (Lipinski definition) is 1. The molecule has 0 unspecified atom stereocenters. The third-order valence-corrected chi connectivity index (χ3v) is 3.52. The molecule has 2 aromatic rings. The predicted molar refractivity (Wildman–Crippen MR) is 67.9 cm³/mol. The highest BCUT2D eigenvalue weighted by Gasteiger charge is 2.27. The van der Waals surface area contributed by atoms with Crippen LogP contribution in [0.2, 0.25) is 0 Å². The zero-order valence-electron chi connectivity index (χ0n) is 10.3. The van der Waals surface area contributed by atoms with Gasteiger partial charge in [-0.15, -0.1) is 0 Å². The summed E-state index contributed by atoms with van der Waals surface area (Å²) < 4.78 is 5.64. The van der Waals surface area contributed by atoms with Gasteiger partial charge in [0.1, 0.15) is 11.6 Å². The first-order valence-electron chi connectivity index (χ1n) is 6.40. The Hall–Kier alpha value is -1.84. The summed E-state index contributed by atoms with van der Waals surface area (Å²) in [7, 11) is 0. The summed E-state index contributed by atoms with van der Waals surface area (Å²) in [5.41, 5.74) is 1.59. The molecule has 1 aliphatic rings. The van der Waals surface area contributed by atoms with Crippen LogP contribution in [-0.2, 0) is 4.79 Å². The van der Waals surface area contributed by atoms with Crippen molar-refractivity contribution in [2.75, 3.05) is 0 Å². The van der Waals surface area contributed by atoms with Crippen molar-refractivity contribution in [1.29, 1.82) is 0 Å². The fourth-order valence-electron chi connectivity index (χ4n) is 2.14. The molecule has 18 heavy (non-hydrogen) atoms. The largest absolute Gasteiger partial charge is 0.438 e. The Balaban J connectivity index is 1.74. The molecule has 1 heterocycles. The zero-order valence-corrected chi connectivity index (χ0v) is 10.3. The van der Waals surface area contributed by atoms with Gasteiger partial charge in [0.15, 0.2) is 5.58 Å². The van der Waals surface area contributed by atoms with Crippen LogP contribution < -0.4 is 5.32 Å². The van der Waals surface area contributed by atoms with E-state index in [1.165, 1.54) is 0 Å². The number of rotatable bonds is 3. The van der Waals surface area contributed by atoms with Gasteiger partial charge < -0.3 is 9.73 Å². The van der Waals surface area contributed by atoms with Gasteiger partial charge in [0, 0.05) is 5.92 Å². The van der Waals surface area contributed by atoms with E-state index in [1.54, 1.807) is 0 Å². The highest BCUT2D eigenvalue weighted by molar-refractivity contribution is 5.79. The van der Waals surface area contributed by atoms with Gasteiger partial charge in [0.05, 0.1) is 0 Å². The minimum absolute atomic E-state index is 0.121. The highest BCUT2D eigenvalue weighted by atomic mass is 16.3. The molecule has 94 valence electrons. The molecular formula is C14H16N2O2. The van der Waals surface area contributed by atoms with E-state index in [4.69, 9.17) is 4.42 Å². The van der Waals surface area contributed by atoms with Crippen molar-refractivity contribution < 1.29 is 9.21 Å². The van der Waals surface area contributed by atoms with E-state index in [-0.39, 0.29) is 17.9 Å². The molecule has 4 heteroatoms. The number of nitrogens with one attached hydrogen (secondary N) is 1. The van der Waals surface area contributed by atoms with E-state index in [0.717, 1.165) is 30.4 Å². The lowest BCUT2D eigenvalue weighted by molar-refractivity contribution is -0.128. The van der Waals surface area contributed by atoms with E-state index in [2.05, 4.69) is 10.3 Å². The first kappa shape index (κ1) is 11.3. The smallest absolute Gasteiger partial charge is 0.223 e. The van der Waals surface area contributed by atoms with Gasteiger partial charge in [-0.25, -0.2) is 4.98 Å². The molecule has 1 aliphatic carbocycles. The quantitative estimate of drug-likeness (QED) is 0.903. The number of amides is 1. The third kappa shape index (κ3) is 1.98. The average molecular weight is 244 g/mol. The van der Waals surface area contributed by atoms with Gasteiger partial charge in [-0.05, 0) is 31.9 Å². The molecule has 1 aromatic carbocycles. The van der Waals surface area contributed by atoms with Crippen LogP contribution >= 0.6 is 0 Å². The van der Waals surface area contributed by atoms with Crippen LogP contribution in [0, 0.1) is 5.92 Å². The molecule has 0 aliphatic heterocycles. The van der Waals surface area contributed by atoms with Crippen molar-refractivity contribution in [2.45, 2.75) is 32.2 Å². The summed E-state index contributed by atoms with van der Waals surface area (Å²) in [6.45, 7) is 1.90. The Bertz CT molecular complexity index is 539. The zero-order chi connectivity index (χ0) is 12.5. The maximum Gasteiger partial charge on any atom is 0.223 e. The Labute approximate surface area is 105 Å². The van der Waals surface area contributed by atoms with Crippen molar-refractivity contribution in [3.05, 3.63) is 30.2 Å².